The number of carbonyl (C=O) groups is 1. The highest BCUT2D eigenvalue weighted by Gasteiger charge is 2.13. The second kappa shape index (κ2) is 6.42. The first kappa shape index (κ1) is 15.6. The zero-order valence-corrected chi connectivity index (χ0v) is 12.9. The Morgan fingerprint density at radius 2 is 1.75 bits per heavy atom. The summed E-state index contributed by atoms with van der Waals surface area (Å²) in [5.74, 6) is -0.725. The van der Waals surface area contributed by atoms with E-state index in [0.717, 1.165) is 11.3 Å². The number of hydrogen-bond acceptors (Lipinski definition) is 4. The summed E-state index contributed by atoms with van der Waals surface area (Å²) in [5, 5.41) is 19.9. The number of ether oxygens (including phenoxy) is 1. The van der Waals surface area contributed by atoms with Gasteiger partial charge in [0, 0.05) is 5.39 Å². The van der Waals surface area contributed by atoms with Gasteiger partial charge in [-0.3, -0.25) is 0 Å². The number of phenols is 1. The van der Waals surface area contributed by atoms with Gasteiger partial charge in [-0.1, -0.05) is 30.3 Å². The molecule has 3 aromatic rings. The Kier molecular flexibility index (Phi) is 4.16. The van der Waals surface area contributed by atoms with E-state index in [-0.39, 0.29) is 16.8 Å². The molecule has 0 saturated heterocycles. The number of pyridine rings is 1. The largest absolute Gasteiger partial charge is 0.505 e. The summed E-state index contributed by atoms with van der Waals surface area (Å²) < 4.78 is 5.11. The summed E-state index contributed by atoms with van der Waals surface area (Å²) in [6, 6.07) is 14.1. The van der Waals surface area contributed by atoms with E-state index in [1.165, 1.54) is 6.07 Å². The minimum Gasteiger partial charge on any atom is -0.505 e. The first-order valence-electron chi connectivity index (χ1n) is 7.26. The van der Waals surface area contributed by atoms with Crippen molar-refractivity contribution in [3.63, 3.8) is 0 Å². The monoisotopic (exact) mass is 321 g/mol. The number of fused-ring (bicyclic) bond motifs is 1. The van der Waals surface area contributed by atoms with Crippen molar-refractivity contribution < 1.29 is 19.7 Å². The molecule has 120 valence electrons. The van der Waals surface area contributed by atoms with Crippen LogP contribution < -0.4 is 4.74 Å². The molecular weight excluding hydrogens is 306 g/mol. The van der Waals surface area contributed by atoms with Crippen molar-refractivity contribution >= 4 is 29.0 Å². The van der Waals surface area contributed by atoms with Crippen molar-refractivity contribution in [3.05, 3.63) is 65.4 Å². The molecule has 1 aromatic heterocycles. The number of nitrogens with zero attached hydrogens (tertiary/aromatic N) is 1. The van der Waals surface area contributed by atoms with Crippen molar-refractivity contribution in [2.45, 2.75) is 0 Å². The number of hydrogen-bond donors (Lipinski definition) is 2. The van der Waals surface area contributed by atoms with Crippen LogP contribution in [-0.4, -0.2) is 28.3 Å². The summed E-state index contributed by atoms with van der Waals surface area (Å²) >= 11 is 0. The molecule has 0 atom stereocenters. The number of carboxylic acid groups (broad SMARTS) is 1. The lowest BCUT2D eigenvalue weighted by molar-refractivity contribution is 0.0694. The number of aromatic hydroxyl groups is 1. The fraction of sp³-hybridized carbons (Fsp3) is 0.0526. The predicted molar refractivity (Wildman–Crippen MR) is 92.3 cm³/mol. The minimum atomic E-state index is -1.18. The van der Waals surface area contributed by atoms with Crippen LogP contribution in [0, 0.1) is 0 Å². The topological polar surface area (TPSA) is 79.7 Å². The highest BCUT2D eigenvalue weighted by molar-refractivity contribution is 5.99. The van der Waals surface area contributed by atoms with Crippen molar-refractivity contribution in [1.29, 1.82) is 0 Å². The van der Waals surface area contributed by atoms with Crippen molar-refractivity contribution in [2.75, 3.05) is 7.11 Å². The van der Waals surface area contributed by atoms with E-state index >= 15 is 0 Å². The average molecular weight is 321 g/mol. The molecule has 0 aliphatic heterocycles. The van der Waals surface area contributed by atoms with E-state index in [1.807, 2.05) is 36.4 Å². The zero-order chi connectivity index (χ0) is 17.1. The molecule has 0 amide bonds. The lowest BCUT2D eigenvalue weighted by Gasteiger charge is -2.05. The fourth-order valence-corrected chi connectivity index (χ4v) is 2.35. The second-order valence-electron chi connectivity index (χ2n) is 5.18. The summed E-state index contributed by atoms with van der Waals surface area (Å²) in [6.07, 6.45) is 3.68. The molecule has 0 radical (unpaired) electrons. The molecule has 0 saturated carbocycles. The smallest absolute Gasteiger partial charge is 0.339 e. The van der Waals surface area contributed by atoms with Crippen LogP contribution in [0.4, 0.5) is 0 Å². The van der Waals surface area contributed by atoms with Crippen LogP contribution in [-0.2, 0) is 0 Å². The van der Waals surface area contributed by atoms with E-state index in [4.69, 9.17) is 9.84 Å². The van der Waals surface area contributed by atoms with Gasteiger partial charge in [-0.05, 0) is 35.9 Å². The van der Waals surface area contributed by atoms with Crippen molar-refractivity contribution in [3.8, 4) is 11.5 Å². The Labute approximate surface area is 138 Å². The first-order chi connectivity index (χ1) is 11.6. The van der Waals surface area contributed by atoms with Crippen LogP contribution >= 0.6 is 0 Å². The minimum absolute atomic E-state index is 0.161. The first-order valence-corrected chi connectivity index (χ1v) is 7.26. The van der Waals surface area contributed by atoms with Gasteiger partial charge in [0.1, 0.15) is 16.8 Å². The summed E-state index contributed by atoms with van der Waals surface area (Å²) in [5.41, 5.74) is 1.70. The Hall–Kier alpha value is -3.34. The van der Waals surface area contributed by atoms with Crippen LogP contribution in [0.2, 0.25) is 0 Å². The maximum atomic E-state index is 11.1. The van der Waals surface area contributed by atoms with E-state index < -0.39 is 5.97 Å². The maximum Gasteiger partial charge on any atom is 0.339 e. The molecular formula is C19H15NO4. The predicted octanol–water partition coefficient (Wildman–Crippen LogP) is 3.82. The number of benzene rings is 2. The number of methoxy groups -OCH3 is 1. The number of aromatic nitrogens is 1. The zero-order valence-electron chi connectivity index (χ0n) is 12.9. The van der Waals surface area contributed by atoms with Gasteiger partial charge >= 0.3 is 5.97 Å². The number of rotatable bonds is 4. The summed E-state index contributed by atoms with van der Waals surface area (Å²) in [6.45, 7) is 0. The normalized spacial score (nSPS) is 11.0. The summed E-state index contributed by atoms with van der Waals surface area (Å²) in [4.78, 5) is 15.4. The molecule has 24 heavy (non-hydrogen) atoms. The fourth-order valence-electron chi connectivity index (χ4n) is 2.35. The third kappa shape index (κ3) is 3.05. The van der Waals surface area contributed by atoms with Gasteiger partial charge in [0.2, 0.25) is 0 Å². The number of carboxylic acids is 1. The molecule has 2 N–H and O–H groups in total. The maximum absolute atomic E-state index is 11.1. The van der Waals surface area contributed by atoms with Gasteiger partial charge in [-0.15, -0.1) is 0 Å². The third-order valence-corrected chi connectivity index (χ3v) is 3.65. The van der Waals surface area contributed by atoms with Crippen LogP contribution in [0.1, 0.15) is 21.6 Å². The van der Waals surface area contributed by atoms with Crippen LogP contribution in [0.5, 0.6) is 11.5 Å². The molecule has 0 bridgehead atoms. The van der Waals surface area contributed by atoms with Crippen molar-refractivity contribution in [2.24, 2.45) is 0 Å². The average Bonchev–Trinajstić information content (AvgIpc) is 2.60. The molecule has 0 fully saturated rings. The lowest BCUT2D eigenvalue weighted by atomic mass is 10.1. The van der Waals surface area contributed by atoms with Crippen molar-refractivity contribution in [1.82, 2.24) is 4.98 Å². The Bertz CT molecular complexity index is 930. The SMILES string of the molecule is COc1ccc(C=Cc2ccc3ccc(C(=O)O)c(O)c3n2)cc1. The Morgan fingerprint density at radius 3 is 2.42 bits per heavy atom. The quantitative estimate of drug-likeness (QED) is 0.763. The summed E-state index contributed by atoms with van der Waals surface area (Å²) in [7, 11) is 1.61. The van der Waals surface area contributed by atoms with Crippen LogP contribution in [0.3, 0.4) is 0 Å². The van der Waals surface area contributed by atoms with Crippen LogP contribution in [0.15, 0.2) is 48.5 Å². The molecule has 5 nitrogen and oxygen atoms in total. The molecule has 2 aromatic carbocycles. The van der Waals surface area contributed by atoms with Gasteiger partial charge < -0.3 is 14.9 Å². The third-order valence-electron chi connectivity index (χ3n) is 3.65. The molecule has 3 rings (SSSR count). The second-order valence-corrected chi connectivity index (χ2v) is 5.18. The molecule has 0 unspecified atom stereocenters. The van der Waals surface area contributed by atoms with Gasteiger partial charge in [-0.2, -0.15) is 0 Å². The van der Waals surface area contributed by atoms with Gasteiger partial charge in [0.25, 0.3) is 0 Å². The van der Waals surface area contributed by atoms with Gasteiger partial charge in [-0.25, -0.2) is 9.78 Å². The van der Waals surface area contributed by atoms with Crippen LogP contribution in [0.25, 0.3) is 23.1 Å². The van der Waals surface area contributed by atoms with E-state index in [9.17, 15) is 9.90 Å². The highest BCUT2D eigenvalue weighted by atomic mass is 16.5. The van der Waals surface area contributed by atoms with E-state index in [1.54, 1.807) is 25.3 Å². The number of aromatic carboxylic acids is 1. The molecule has 0 aliphatic carbocycles. The van der Waals surface area contributed by atoms with E-state index in [0.29, 0.717) is 11.1 Å². The molecule has 5 heteroatoms. The molecule has 1 heterocycles. The molecule has 0 spiro atoms. The Balaban J connectivity index is 1.95. The van der Waals surface area contributed by atoms with Gasteiger partial charge in [0.05, 0.1) is 12.8 Å². The van der Waals surface area contributed by atoms with Gasteiger partial charge in [0.15, 0.2) is 5.75 Å². The van der Waals surface area contributed by atoms with E-state index in [2.05, 4.69) is 4.98 Å². The molecule has 0 aliphatic rings. The Morgan fingerprint density at radius 1 is 1.04 bits per heavy atom. The highest BCUT2D eigenvalue weighted by Crippen LogP contribution is 2.27. The standard InChI is InChI=1S/C19H15NO4/c1-24-15-9-3-12(4-10-15)2-7-14-8-5-13-6-11-16(19(22)23)18(21)17(13)20-14/h2-11,21H,1H3,(H,22,23). The lowest BCUT2D eigenvalue weighted by Crippen LogP contribution is -1.97.